The molecule has 1 heterocycles. The molecule has 1 aromatic heterocycles. The molecule has 72 valence electrons. The molecule has 3 nitrogen and oxygen atoms in total. The highest BCUT2D eigenvalue weighted by Crippen LogP contribution is 2.43. The number of rotatable bonds is 2. The van der Waals surface area contributed by atoms with Crippen molar-refractivity contribution in [3.63, 3.8) is 0 Å². The van der Waals surface area contributed by atoms with Gasteiger partial charge in [0.1, 0.15) is 5.82 Å². The average molecular weight is 200 g/mol. The fourth-order valence-electron chi connectivity index (χ4n) is 2.20. The van der Waals surface area contributed by atoms with Crippen molar-refractivity contribution in [3.8, 4) is 0 Å². The van der Waals surface area contributed by atoms with Gasteiger partial charge in [-0.25, -0.2) is 0 Å². The van der Waals surface area contributed by atoms with E-state index in [-0.39, 0.29) is 5.54 Å². The Labute approximate surface area is 83.1 Å². The van der Waals surface area contributed by atoms with Gasteiger partial charge < -0.3 is 0 Å². The molecule has 0 atom stereocenters. The van der Waals surface area contributed by atoms with Crippen molar-refractivity contribution in [1.82, 2.24) is 14.8 Å². The van der Waals surface area contributed by atoms with Crippen molar-refractivity contribution in [3.05, 3.63) is 11.1 Å². The van der Waals surface area contributed by atoms with E-state index in [2.05, 4.69) is 21.7 Å². The molecule has 1 aliphatic rings. The highest BCUT2D eigenvalue weighted by atomic mass is 35.5. The van der Waals surface area contributed by atoms with Crippen LogP contribution in [-0.2, 0) is 5.54 Å². The van der Waals surface area contributed by atoms with E-state index in [1.165, 1.54) is 19.3 Å². The van der Waals surface area contributed by atoms with E-state index in [4.69, 9.17) is 11.6 Å². The average Bonchev–Trinajstić information content (AvgIpc) is 2.35. The molecule has 1 aliphatic carbocycles. The maximum Gasteiger partial charge on any atom is 0.225 e. The molecule has 0 aromatic carbocycles. The van der Waals surface area contributed by atoms with Gasteiger partial charge in [-0.15, -0.1) is 10.2 Å². The summed E-state index contributed by atoms with van der Waals surface area (Å²) in [5.41, 5.74) is 0.227. The first-order valence-corrected chi connectivity index (χ1v) is 5.15. The summed E-state index contributed by atoms with van der Waals surface area (Å²) < 4.78 is 2.10. The molecule has 1 aromatic rings. The van der Waals surface area contributed by atoms with Gasteiger partial charge in [-0.3, -0.25) is 4.57 Å². The Morgan fingerprint density at radius 2 is 2.15 bits per heavy atom. The summed E-state index contributed by atoms with van der Waals surface area (Å²) in [5.74, 6) is 0.937. The van der Waals surface area contributed by atoms with Gasteiger partial charge in [-0.05, 0) is 44.2 Å². The van der Waals surface area contributed by atoms with Crippen LogP contribution in [0.15, 0.2) is 0 Å². The second-order valence-corrected chi connectivity index (χ2v) is 4.12. The first kappa shape index (κ1) is 9.00. The quantitative estimate of drug-likeness (QED) is 0.733. The first-order valence-electron chi connectivity index (χ1n) is 4.77. The summed E-state index contributed by atoms with van der Waals surface area (Å²) in [6, 6.07) is 0. The molecule has 0 radical (unpaired) electrons. The van der Waals surface area contributed by atoms with E-state index in [1.54, 1.807) is 0 Å². The van der Waals surface area contributed by atoms with E-state index in [9.17, 15) is 0 Å². The number of hydrogen-bond donors (Lipinski definition) is 0. The van der Waals surface area contributed by atoms with Gasteiger partial charge in [-0.1, -0.05) is 6.92 Å². The summed E-state index contributed by atoms with van der Waals surface area (Å²) in [6.07, 6.45) is 4.83. The molecule has 0 unspecified atom stereocenters. The second-order valence-electron chi connectivity index (χ2n) is 3.78. The predicted molar refractivity (Wildman–Crippen MR) is 51.9 cm³/mol. The summed E-state index contributed by atoms with van der Waals surface area (Å²) >= 11 is 6.01. The summed E-state index contributed by atoms with van der Waals surface area (Å²) in [6.45, 7) is 4.17. The Bertz CT molecular complexity index is 290. The number of nitrogens with zero attached hydrogens (tertiary/aromatic N) is 3. The van der Waals surface area contributed by atoms with Crippen LogP contribution in [-0.4, -0.2) is 14.8 Å². The van der Waals surface area contributed by atoms with Crippen molar-refractivity contribution in [2.45, 2.75) is 45.1 Å². The molecule has 13 heavy (non-hydrogen) atoms. The lowest BCUT2D eigenvalue weighted by Gasteiger charge is -2.43. The zero-order chi connectivity index (χ0) is 9.47. The smallest absolute Gasteiger partial charge is 0.225 e. The molecule has 1 fully saturated rings. The van der Waals surface area contributed by atoms with Crippen molar-refractivity contribution >= 4 is 11.6 Å². The minimum absolute atomic E-state index is 0.227. The van der Waals surface area contributed by atoms with Gasteiger partial charge in [0, 0.05) is 5.54 Å². The zero-order valence-corrected chi connectivity index (χ0v) is 8.80. The van der Waals surface area contributed by atoms with Crippen LogP contribution in [0.5, 0.6) is 0 Å². The fraction of sp³-hybridized carbons (Fsp3) is 0.778. The maximum atomic E-state index is 6.01. The van der Waals surface area contributed by atoms with E-state index >= 15 is 0 Å². The number of hydrogen-bond acceptors (Lipinski definition) is 2. The topological polar surface area (TPSA) is 30.7 Å². The Kier molecular flexibility index (Phi) is 2.06. The second kappa shape index (κ2) is 2.98. The van der Waals surface area contributed by atoms with E-state index in [1.807, 2.05) is 6.92 Å². The fourth-order valence-corrected chi connectivity index (χ4v) is 2.54. The van der Waals surface area contributed by atoms with Crippen LogP contribution >= 0.6 is 11.6 Å². The summed E-state index contributed by atoms with van der Waals surface area (Å²) in [5, 5.41) is 8.42. The Morgan fingerprint density at radius 1 is 1.46 bits per heavy atom. The largest absolute Gasteiger partial charge is 0.296 e. The molecule has 0 saturated heterocycles. The SMILES string of the molecule is CCC1(n2c(C)nnc2Cl)CCC1. The van der Waals surface area contributed by atoms with Crippen molar-refractivity contribution in [1.29, 1.82) is 0 Å². The standard InChI is InChI=1S/C9H14ClN3/c1-3-9(5-4-6-9)13-7(2)11-12-8(13)10/h3-6H2,1-2H3. The lowest BCUT2D eigenvalue weighted by Crippen LogP contribution is -2.40. The third kappa shape index (κ3) is 1.17. The van der Waals surface area contributed by atoms with Gasteiger partial charge in [-0.2, -0.15) is 0 Å². The van der Waals surface area contributed by atoms with Gasteiger partial charge >= 0.3 is 0 Å². The predicted octanol–water partition coefficient (Wildman–Crippen LogP) is 2.53. The molecule has 2 rings (SSSR count). The minimum Gasteiger partial charge on any atom is -0.296 e. The maximum absolute atomic E-state index is 6.01. The third-order valence-electron chi connectivity index (χ3n) is 3.20. The Balaban J connectivity index is 2.43. The molecule has 0 aliphatic heterocycles. The van der Waals surface area contributed by atoms with Gasteiger partial charge in [0.2, 0.25) is 5.28 Å². The third-order valence-corrected chi connectivity index (χ3v) is 3.45. The Morgan fingerprint density at radius 3 is 2.46 bits per heavy atom. The molecule has 0 bridgehead atoms. The number of aromatic nitrogens is 3. The molecular formula is C9H14ClN3. The zero-order valence-electron chi connectivity index (χ0n) is 8.05. The van der Waals surface area contributed by atoms with E-state index in [0.29, 0.717) is 5.28 Å². The molecule has 0 amide bonds. The highest BCUT2D eigenvalue weighted by molar-refractivity contribution is 6.28. The number of halogens is 1. The van der Waals surface area contributed by atoms with E-state index < -0.39 is 0 Å². The van der Waals surface area contributed by atoms with Crippen LogP contribution in [0.2, 0.25) is 5.28 Å². The van der Waals surface area contributed by atoms with Crippen molar-refractivity contribution in [2.75, 3.05) is 0 Å². The normalized spacial score (nSPS) is 19.9. The van der Waals surface area contributed by atoms with Gasteiger partial charge in [0.15, 0.2) is 0 Å². The van der Waals surface area contributed by atoms with Gasteiger partial charge in [0.25, 0.3) is 0 Å². The monoisotopic (exact) mass is 199 g/mol. The van der Waals surface area contributed by atoms with Crippen LogP contribution in [0, 0.1) is 6.92 Å². The van der Waals surface area contributed by atoms with Crippen molar-refractivity contribution in [2.24, 2.45) is 0 Å². The van der Waals surface area contributed by atoms with Crippen LogP contribution in [0.25, 0.3) is 0 Å². The molecule has 4 heteroatoms. The highest BCUT2D eigenvalue weighted by Gasteiger charge is 2.39. The first-order chi connectivity index (χ1) is 6.19. The molecule has 0 N–H and O–H groups in total. The molecular weight excluding hydrogens is 186 g/mol. The van der Waals surface area contributed by atoms with Gasteiger partial charge in [0.05, 0.1) is 0 Å². The Hall–Kier alpha value is -0.570. The van der Waals surface area contributed by atoms with Crippen LogP contribution < -0.4 is 0 Å². The van der Waals surface area contributed by atoms with Crippen LogP contribution in [0.4, 0.5) is 0 Å². The van der Waals surface area contributed by atoms with Crippen LogP contribution in [0.3, 0.4) is 0 Å². The molecule has 0 spiro atoms. The van der Waals surface area contributed by atoms with E-state index in [0.717, 1.165) is 12.2 Å². The minimum atomic E-state index is 0.227. The summed E-state index contributed by atoms with van der Waals surface area (Å²) in [4.78, 5) is 0. The van der Waals surface area contributed by atoms with Crippen molar-refractivity contribution < 1.29 is 0 Å². The summed E-state index contributed by atoms with van der Waals surface area (Å²) in [7, 11) is 0. The number of aryl methyl sites for hydroxylation is 1. The molecule has 1 saturated carbocycles. The lowest BCUT2D eigenvalue weighted by molar-refractivity contribution is 0.133. The lowest BCUT2D eigenvalue weighted by atomic mass is 9.74. The van der Waals surface area contributed by atoms with Crippen LogP contribution in [0.1, 0.15) is 38.4 Å².